The first-order valence-electron chi connectivity index (χ1n) is 11.1. The summed E-state index contributed by atoms with van der Waals surface area (Å²) in [4.78, 5) is 71.4. The van der Waals surface area contributed by atoms with E-state index in [-0.39, 0.29) is 18.6 Å². The number of rotatable bonds is 15. The highest BCUT2D eigenvalue weighted by molar-refractivity contribution is 5.95. The molecule has 0 bridgehead atoms. The van der Waals surface area contributed by atoms with Gasteiger partial charge < -0.3 is 47.8 Å². The lowest BCUT2D eigenvalue weighted by atomic mass is 10.0. The van der Waals surface area contributed by atoms with Crippen molar-refractivity contribution in [3.63, 3.8) is 0 Å². The zero-order chi connectivity index (χ0) is 28.3. The van der Waals surface area contributed by atoms with Gasteiger partial charge in [-0.3, -0.25) is 24.0 Å². The van der Waals surface area contributed by atoms with Crippen LogP contribution in [0.15, 0.2) is 24.3 Å². The number of hydrogen-bond acceptors (Lipinski definition) is 9. The summed E-state index contributed by atoms with van der Waals surface area (Å²) in [5, 5.41) is 44.1. The number of carboxylic acids is 2. The zero-order valence-corrected chi connectivity index (χ0v) is 19.9. The van der Waals surface area contributed by atoms with Gasteiger partial charge in [-0.2, -0.15) is 0 Å². The number of aliphatic hydroxyl groups excluding tert-OH is 1. The molecule has 0 aliphatic rings. The number of nitrogens with two attached hydrogens (primary N) is 2. The fourth-order valence-corrected chi connectivity index (χ4v) is 3.09. The van der Waals surface area contributed by atoms with E-state index in [2.05, 4.69) is 10.6 Å². The molecule has 5 atom stereocenters. The number of primary amides is 1. The maximum absolute atomic E-state index is 13.1. The number of benzene rings is 1. The van der Waals surface area contributed by atoms with Gasteiger partial charge in [0.15, 0.2) is 0 Å². The summed E-state index contributed by atoms with van der Waals surface area (Å²) in [5.74, 6) is -6.77. The van der Waals surface area contributed by atoms with E-state index >= 15 is 0 Å². The van der Waals surface area contributed by atoms with E-state index in [0.717, 1.165) is 6.92 Å². The van der Waals surface area contributed by atoms with Crippen LogP contribution < -0.4 is 27.4 Å². The number of carbonyl (C=O) groups is 6. The number of carboxylic acid groups (broad SMARTS) is 2. The van der Waals surface area contributed by atoms with Gasteiger partial charge in [-0.1, -0.05) is 12.1 Å². The van der Waals surface area contributed by atoms with E-state index < -0.39 is 78.7 Å². The quantitative estimate of drug-likeness (QED) is 0.111. The summed E-state index contributed by atoms with van der Waals surface area (Å²) in [6, 6.07) is -0.457. The molecule has 0 saturated carbocycles. The number of amides is 4. The van der Waals surface area contributed by atoms with Crippen molar-refractivity contribution in [1.82, 2.24) is 16.0 Å². The molecule has 5 unspecified atom stereocenters. The van der Waals surface area contributed by atoms with Crippen LogP contribution in [0.4, 0.5) is 0 Å². The third kappa shape index (κ3) is 10.9. The van der Waals surface area contributed by atoms with E-state index in [1.165, 1.54) is 24.3 Å². The van der Waals surface area contributed by atoms with Crippen molar-refractivity contribution in [1.29, 1.82) is 0 Å². The van der Waals surface area contributed by atoms with Crippen molar-refractivity contribution in [2.75, 3.05) is 0 Å². The van der Waals surface area contributed by atoms with Gasteiger partial charge in [0.25, 0.3) is 0 Å². The van der Waals surface area contributed by atoms with Crippen molar-refractivity contribution in [3.8, 4) is 5.75 Å². The van der Waals surface area contributed by atoms with Crippen LogP contribution in [-0.2, 0) is 35.2 Å². The van der Waals surface area contributed by atoms with Crippen molar-refractivity contribution in [2.45, 2.75) is 62.9 Å². The smallest absolute Gasteiger partial charge is 0.326 e. The number of hydrogen-bond donors (Lipinski definition) is 9. The van der Waals surface area contributed by atoms with Crippen molar-refractivity contribution in [3.05, 3.63) is 29.8 Å². The Morgan fingerprint density at radius 2 is 1.46 bits per heavy atom. The van der Waals surface area contributed by atoms with E-state index in [1.807, 2.05) is 5.32 Å². The van der Waals surface area contributed by atoms with Gasteiger partial charge in [0.2, 0.25) is 23.6 Å². The van der Waals surface area contributed by atoms with E-state index in [9.17, 15) is 44.1 Å². The molecule has 0 spiro atoms. The minimum absolute atomic E-state index is 0.0562. The Kier molecular flexibility index (Phi) is 11.9. The molecule has 0 aliphatic carbocycles. The molecule has 1 aromatic rings. The molecule has 0 aromatic heterocycles. The Morgan fingerprint density at radius 1 is 0.892 bits per heavy atom. The third-order valence-corrected chi connectivity index (χ3v) is 5.10. The van der Waals surface area contributed by atoms with Crippen LogP contribution in [0.5, 0.6) is 5.75 Å². The highest BCUT2D eigenvalue weighted by Crippen LogP contribution is 2.12. The molecule has 0 aliphatic heterocycles. The standard InChI is InChI=1S/C22H31N5O10/c1-10(28)18(21(35)26-15(22(36)37)9-16(24)30)27-20(34)14(8-11-2-4-12(29)5-3-11)25-19(33)13(23)6-7-17(31)32/h2-5,10,13-15,18,28-29H,6-9,23H2,1H3,(H2,24,30)(H,25,33)(H,26,35)(H,27,34)(H,31,32)(H,36,37). The molecule has 0 saturated heterocycles. The molecule has 15 heteroatoms. The van der Waals surface area contributed by atoms with Crippen LogP contribution in [0.25, 0.3) is 0 Å². The Labute approximate surface area is 211 Å². The molecule has 204 valence electrons. The SMILES string of the molecule is CC(O)C(NC(=O)C(Cc1ccc(O)cc1)NC(=O)C(N)CCC(=O)O)C(=O)NC(CC(N)=O)C(=O)O. The maximum atomic E-state index is 13.1. The molecular formula is C22H31N5O10. The molecule has 11 N–H and O–H groups in total. The first-order valence-corrected chi connectivity index (χ1v) is 11.1. The van der Waals surface area contributed by atoms with Crippen LogP contribution in [0.2, 0.25) is 0 Å². The lowest BCUT2D eigenvalue weighted by Crippen LogP contribution is -2.60. The minimum atomic E-state index is -1.72. The Hall–Kier alpha value is -4.24. The van der Waals surface area contributed by atoms with E-state index in [4.69, 9.17) is 16.6 Å². The molecule has 4 amide bonds. The number of aliphatic hydroxyl groups is 1. The number of aromatic hydroxyl groups is 1. The monoisotopic (exact) mass is 525 g/mol. The molecule has 1 aromatic carbocycles. The summed E-state index contributed by atoms with van der Waals surface area (Å²) in [5.41, 5.74) is 11.2. The Morgan fingerprint density at radius 3 is 1.95 bits per heavy atom. The first kappa shape index (κ1) is 30.8. The summed E-state index contributed by atoms with van der Waals surface area (Å²) >= 11 is 0. The number of nitrogens with one attached hydrogen (secondary N) is 3. The largest absolute Gasteiger partial charge is 0.508 e. The predicted molar refractivity (Wildman–Crippen MR) is 126 cm³/mol. The van der Waals surface area contributed by atoms with Crippen LogP contribution in [0, 0.1) is 0 Å². The van der Waals surface area contributed by atoms with Gasteiger partial charge in [-0.25, -0.2) is 4.79 Å². The lowest BCUT2D eigenvalue weighted by molar-refractivity contribution is -0.144. The number of phenolic OH excluding ortho intramolecular Hbond substituents is 1. The summed E-state index contributed by atoms with van der Waals surface area (Å²) in [7, 11) is 0. The summed E-state index contributed by atoms with van der Waals surface area (Å²) in [6.45, 7) is 1.14. The van der Waals surface area contributed by atoms with Crippen LogP contribution in [-0.4, -0.2) is 86.3 Å². The summed E-state index contributed by atoms with van der Waals surface area (Å²) < 4.78 is 0. The number of aliphatic carboxylic acids is 2. The fraction of sp³-hybridized carbons (Fsp3) is 0.455. The van der Waals surface area contributed by atoms with Gasteiger partial charge >= 0.3 is 11.9 Å². The maximum Gasteiger partial charge on any atom is 0.326 e. The average Bonchev–Trinajstić information content (AvgIpc) is 2.80. The molecule has 0 radical (unpaired) electrons. The molecule has 0 heterocycles. The van der Waals surface area contributed by atoms with Crippen molar-refractivity contribution < 1.29 is 49.2 Å². The lowest BCUT2D eigenvalue weighted by Gasteiger charge is -2.26. The van der Waals surface area contributed by atoms with E-state index in [1.54, 1.807) is 0 Å². The molecule has 1 rings (SSSR count). The van der Waals surface area contributed by atoms with Crippen molar-refractivity contribution >= 4 is 35.6 Å². The highest BCUT2D eigenvalue weighted by Gasteiger charge is 2.33. The van der Waals surface area contributed by atoms with Crippen LogP contribution in [0.1, 0.15) is 31.7 Å². The van der Waals surface area contributed by atoms with Gasteiger partial charge in [0.05, 0.1) is 18.6 Å². The highest BCUT2D eigenvalue weighted by atomic mass is 16.4. The summed E-state index contributed by atoms with van der Waals surface area (Å²) in [6.07, 6.45) is -3.05. The normalized spacial score (nSPS) is 14.8. The predicted octanol–water partition coefficient (Wildman–Crippen LogP) is -3.08. The van der Waals surface area contributed by atoms with Gasteiger partial charge in [0, 0.05) is 12.8 Å². The first-order chi connectivity index (χ1) is 17.2. The minimum Gasteiger partial charge on any atom is -0.508 e. The number of carbonyl (C=O) groups excluding carboxylic acids is 4. The van der Waals surface area contributed by atoms with Gasteiger partial charge in [0.1, 0.15) is 23.9 Å². The van der Waals surface area contributed by atoms with Crippen molar-refractivity contribution in [2.24, 2.45) is 11.5 Å². The average molecular weight is 526 g/mol. The molecule has 15 nitrogen and oxygen atoms in total. The Balaban J connectivity index is 3.10. The van der Waals surface area contributed by atoms with Gasteiger partial charge in [-0.15, -0.1) is 0 Å². The fourth-order valence-electron chi connectivity index (χ4n) is 3.09. The topological polar surface area (TPSA) is 271 Å². The second kappa shape index (κ2) is 14.4. The second-order valence-corrected chi connectivity index (χ2v) is 8.27. The van der Waals surface area contributed by atoms with Crippen LogP contribution in [0.3, 0.4) is 0 Å². The zero-order valence-electron chi connectivity index (χ0n) is 19.9. The Bertz CT molecular complexity index is 998. The molecular weight excluding hydrogens is 494 g/mol. The molecule has 0 fully saturated rings. The van der Waals surface area contributed by atoms with Gasteiger partial charge in [-0.05, 0) is 31.0 Å². The number of phenols is 1. The van der Waals surface area contributed by atoms with E-state index in [0.29, 0.717) is 5.56 Å². The third-order valence-electron chi connectivity index (χ3n) is 5.10. The second-order valence-electron chi connectivity index (χ2n) is 8.27. The van der Waals surface area contributed by atoms with Crippen LogP contribution >= 0.6 is 0 Å². The molecule has 37 heavy (non-hydrogen) atoms.